The second kappa shape index (κ2) is 89.9. The van der Waals surface area contributed by atoms with Crippen molar-refractivity contribution in [1.82, 2.24) is 0 Å². The van der Waals surface area contributed by atoms with Crippen LogP contribution in [0.1, 0.15) is 367 Å². The summed E-state index contributed by atoms with van der Waals surface area (Å²) in [4.78, 5) is 59.0. The Morgan fingerprint density at radius 1 is 0.248 bits per heavy atom. The molecule has 16 nitrogen and oxygen atoms in total. The number of allylic oxidation sites excluding steroid dienone is 30. The topological polar surface area (TPSA) is 231 Å². The van der Waals surface area contributed by atoms with Gasteiger partial charge in [0.05, 0.1) is 26.4 Å². The van der Waals surface area contributed by atoms with Crippen LogP contribution in [0.5, 0.6) is 0 Å². The number of hydrogen-bond donors (Lipinski definition) is 4. The van der Waals surface area contributed by atoms with Gasteiger partial charge in [-0.1, -0.05) is 370 Å². The van der Waals surface area contributed by atoms with Gasteiger partial charge in [0.25, 0.3) is 0 Å². The Bertz CT molecular complexity index is 2860. The van der Waals surface area contributed by atoms with Crippen LogP contribution >= 0.6 is 15.6 Å². The lowest BCUT2D eigenvalue weighted by molar-refractivity contribution is -0.161. The van der Waals surface area contributed by atoms with Gasteiger partial charge in [0.1, 0.15) is 25.4 Å². The predicted octanol–water partition coefficient (Wildman–Crippen LogP) is 28.4. The van der Waals surface area contributed by atoms with Crippen LogP contribution in [0.2, 0.25) is 0 Å². The molecule has 5 unspecified atom stereocenters. The number of ether oxygens (including phenoxy) is 3. The van der Waals surface area contributed by atoms with Crippen LogP contribution in [-0.2, 0) is 55.8 Å². The fraction of sp³-hybridized carbons (Fsp3) is 0.667. The van der Waals surface area contributed by atoms with Gasteiger partial charge in [-0.25, -0.2) is 9.13 Å². The summed E-state index contributed by atoms with van der Waals surface area (Å²) in [6.45, 7) is 2.44. The smallest absolute Gasteiger partial charge is 0.463 e. The minimum atomic E-state index is -4.95. The molecule has 0 aromatic carbocycles. The molecule has 0 saturated carbocycles. The maximum atomic E-state index is 13.1. The highest BCUT2D eigenvalue weighted by molar-refractivity contribution is 7.47. The second-order valence-corrected chi connectivity index (χ2v) is 33.2. The van der Waals surface area contributed by atoms with Crippen molar-refractivity contribution >= 4 is 33.6 Å². The third-order valence-corrected chi connectivity index (χ3v) is 21.0. The summed E-state index contributed by atoms with van der Waals surface area (Å²) >= 11 is 0. The molecule has 0 rings (SSSR count). The van der Waals surface area contributed by atoms with E-state index in [1.165, 1.54) is 116 Å². The summed E-state index contributed by atoms with van der Waals surface area (Å²) in [6.07, 6.45) is 118. The molecule has 0 radical (unpaired) electrons. The van der Waals surface area contributed by atoms with Crippen LogP contribution in [0.25, 0.3) is 0 Å². The zero-order valence-electron chi connectivity index (χ0n) is 73.6. The molecule has 18 heteroatoms. The normalized spacial score (nSPS) is 14.6. The minimum absolute atomic E-state index is 0.0857. The number of esters is 3. The van der Waals surface area contributed by atoms with Crippen LogP contribution in [0, 0.1) is 0 Å². The highest BCUT2D eigenvalue weighted by Gasteiger charge is 2.29. The molecule has 0 amide bonds. The summed E-state index contributed by atoms with van der Waals surface area (Å²) in [5.41, 5.74) is 0. The zero-order valence-corrected chi connectivity index (χ0v) is 75.4. The summed E-state index contributed by atoms with van der Waals surface area (Å²) in [6, 6.07) is 0. The van der Waals surface area contributed by atoms with Gasteiger partial charge in [0, 0.05) is 19.3 Å². The summed E-state index contributed by atoms with van der Waals surface area (Å²) < 4.78 is 61.5. The maximum Gasteiger partial charge on any atom is 0.472 e. The molecule has 0 saturated heterocycles. The summed E-state index contributed by atoms with van der Waals surface area (Å²) in [5.74, 6) is -1.59. The predicted molar refractivity (Wildman–Crippen MR) is 491 cm³/mol. The number of carbonyl (C=O) groups excluding carboxylic acids is 3. The molecule has 0 spiro atoms. The monoisotopic (exact) mass is 1670 g/mol. The van der Waals surface area contributed by atoms with E-state index < -0.39 is 91.5 Å². The number of aliphatic hydroxyl groups is 2. The van der Waals surface area contributed by atoms with E-state index in [-0.39, 0.29) is 19.3 Å². The Morgan fingerprint density at radius 3 is 0.718 bits per heavy atom. The standard InChI is InChI=1S/C99H166O16P2/c1-4-7-10-13-16-19-22-25-28-31-34-37-40-42-44-45-46-47-49-51-53-55-58-61-64-67-70-73-76-79-82-85-97(102)109-88-94(100)89-111-116(105,106)112-90-95(101)91-113-117(107,108)114-93-96(115-99(104)87-84-81-78-75-72-69-66-63-60-57-52-39-36-33-30-27-24-21-18-15-12-9-6-3)92-110-98(103)86-83-80-77-74-71-68-65-62-59-56-54-50-48-43-41-38-35-32-29-26-23-20-17-14-11-8-5-2/h7,9-10,12,16-21,25-30,34-39,42-44,46-48,57,60,94-96,100-101H,4-6,8,11,13-15,22-24,31-33,40-41,45,49-56,58-59,61-93H2,1-3H3,(H,105,106)(H,107,108)/b10-7-,12-9-,19-16-,20-17-,21-18-,28-25-,29-26-,30-27-,37-34-,38-35-,39-36-,44-42-,47-46-,48-43-,60-57-. The van der Waals surface area contributed by atoms with Crippen molar-refractivity contribution in [2.24, 2.45) is 0 Å². The molecule has 0 heterocycles. The summed E-state index contributed by atoms with van der Waals surface area (Å²) in [7, 11) is -9.82. The molecule has 0 aliphatic carbocycles. The molecule has 4 N–H and O–H groups in total. The van der Waals surface area contributed by atoms with Crippen molar-refractivity contribution in [3.8, 4) is 0 Å². The first-order valence-electron chi connectivity index (χ1n) is 46.1. The SMILES string of the molecule is CC/C=C\C/C=C\C/C=C\C/C=C\C/C=C\C/C=C\CCCCCCCCCCCCCCC(=O)OCC(O)COP(=O)(O)OCC(O)COP(=O)(O)OCC(COC(=O)CCCCCCCCCCCCC/C=C\C/C=C\C/C=C\C/C=C\CCCCC)OC(=O)CCCCCCCCC/C=C\C/C=C\C/C=C\C/C=C\C/C=C\CC. The molecule has 5 atom stereocenters. The molecule has 0 bridgehead atoms. The number of phosphoric acid groups is 2. The first-order valence-corrected chi connectivity index (χ1v) is 49.1. The van der Waals surface area contributed by atoms with Crippen molar-refractivity contribution in [2.45, 2.75) is 386 Å². The van der Waals surface area contributed by atoms with E-state index in [0.717, 1.165) is 193 Å². The Hall–Kier alpha value is -5.35. The molecule has 0 aromatic heterocycles. The van der Waals surface area contributed by atoms with E-state index in [2.05, 4.69) is 203 Å². The average molecular weight is 1670 g/mol. The zero-order chi connectivity index (χ0) is 85.1. The fourth-order valence-corrected chi connectivity index (χ4v) is 13.8. The molecule has 668 valence electrons. The minimum Gasteiger partial charge on any atom is -0.463 e. The van der Waals surface area contributed by atoms with Gasteiger partial charge in [-0.3, -0.25) is 32.5 Å². The Labute approximate surface area is 713 Å². The molecule has 0 aromatic rings. The quantitative estimate of drug-likeness (QED) is 0.0146. The van der Waals surface area contributed by atoms with E-state index in [1.54, 1.807) is 0 Å². The Morgan fingerprint density at radius 2 is 0.453 bits per heavy atom. The molecular weight excluding hydrogens is 1510 g/mol. The van der Waals surface area contributed by atoms with Gasteiger partial charge in [0.15, 0.2) is 6.10 Å². The average Bonchev–Trinajstić information content (AvgIpc) is 0.901. The molecular formula is C99H166O16P2. The molecule has 117 heavy (non-hydrogen) atoms. The van der Waals surface area contributed by atoms with Crippen LogP contribution in [0.3, 0.4) is 0 Å². The number of phosphoric ester groups is 2. The van der Waals surface area contributed by atoms with Crippen molar-refractivity contribution in [3.05, 3.63) is 182 Å². The van der Waals surface area contributed by atoms with Crippen LogP contribution < -0.4 is 0 Å². The van der Waals surface area contributed by atoms with Gasteiger partial charge in [0.2, 0.25) is 0 Å². The van der Waals surface area contributed by atoms with Gasteiger partial charge >= 0.3 is 33.6 Å². The highest BCUT2D eigenvalue weighted by Crippen LogP contribution is 2.45. The lowest BCUT2D eigenvalue weighted by Crippen LogP contribution is -2.30. The Balaban J connectivity index is 4.64. The van der Waals surface area contributed by atoms with Gasteiger partial charge in [-0.05, 0) is 161 Å². The van der Waals surface area contributed by atoms with Crippen molar-refractivity contribution < 1.29 is 75.8 Å². The first kappa shape index (κ1) is 112. The van der Waals surface area contributed by atoms with Gasteiger partial charge in [-0.2, -0.15) is 0 Å². The highest BCUT2D eigenvalue weighted by atomic mass is 31.2. The third-order valence-electron chi connectivity index (χ3n) is 19.1. The second-order valence-electron chi connectivity index (χ2n) is 30.3. The van der Waals surface area contributed by atoms with Gasteiger partial charge < -0.3 is 34.2 Å². The van der Waals surface area contributed by atoms with Crippen molar-refractivity contribution in [1.29, 1.82) is 0 Å². The number of unbranched alkanes of at least 4 members (excludes halogenated alkanes) is 33. The largest absolute Gasteiger partial charge is 0.472 e. The van der Waals surface area contributed by atoms with Gasteiger partial charge in [-0.15, -0.1) is 0 Å². The number of hydrogen-bond acceptors (Lipinski definition) is 14. The molecule has 0 aliphatic heterocycles. The van der Waals surface area contributed by atoms with E-state index in [0.29, 0.717) is 19.3 Å². The number of rotatable bonds is 86. The summed E-state index contributed by atoms with van der Waals surface area (Å²) in [5, 5.41) is 20.7. The number of aliphatic hydroxyl groups excluding tert-OH is 2. The number of carbonyl (C=O) groups is 3. The van der Waals surface area contributed by atoms with Crippen molar-refractivity contribution in [2.75, 3.05) is 39.6 Å². The van der Waals surface area contributed by atoms with E-state index in [1.807, 2.05) is 0 Å². The first-order chi connectivity index (χ1) is 57.2. The van der Waals surface area contributed by atoms with E-state index >= 15 is 0 Å². The molecule has 0 aliphatic rings. The Kier molecular flexibility index (Phi) is 85.8. The van der Waals surface area contributed by atoms with Crippen LogP contribution in [0.15, 0.2) is 182 Å². The van der Waals surface area contributed by atoms with Crippen LogP contribution in [0.4, 0.5) is 0 Å². The molecule has 0 fully saturated rings. The van der Waals surface area contributed by atoms with E-state index in [4.69, 9.17) is 32.3 Å². The lowest BCUT2D eigenvalue weighted by atomic mass is 10.0. The lowest BCUT2D eigenvalue weighted by Gasteiger charge is -2.21. The van der Waals surface area contributed by atoms with Crippen LogP contribution in [-0.4, -0.2) is 95.9 Å². The third kappa shape index (κ3) is 91.2. The maximum absolute atomic E-state index is 13.1. The fourth-order valence-electron chi connectivity index (χ4n) is 12.2. The van der Waals surface area contributed by atoms with E-state index in [9.17, 15) is 43.5 Å². The van der Waals surface area contributed by atoms with Crippen molar-refractivity contribution in [3.63, 3.8) is 0 Å².